The van der Waals surface area contributed by atoms with Gasteiger partial charge in [-0.3, -0.25) is 0 Å². The second-order valence-electron chi connectivity index (χ2n) is 5.22. The predicted octanol–water partition coefficient (Wildman–Crippen LogP) is 2.08. The van der Waals surface area contributed by atoms with E-state index in [1.807, 2.05) is 41.1 Å². The van der Waals surface area contributed by atoms with Crippen molar-refractivity contribution in [3.63, 3.8) is 0 Å². The maximum Gasteiger partial charge on any atom is 0.315 e. The van der Waals surface area contributed by atoms with Crippen molar-refractivity contribution in [2.45, 2.75) is 18.6 Å². The van der Waals surface area contributed by atoms with Crippen LogP contribution < -0.4 is 15.4 Å². The van der Waals surface area contributed by atoms with E-state index in [0.29, 0.717) is 6.54 Å². The van der Waals surface area contributed by atoms with Gasteiger partial charge in [0.2, 0.25) is 0 Å². The smallest absolute Gasteiger partial charge is 0.315 e. The number of hydrogen-bond acceptors (Lipinski definition) is 4. The topological polar surface area (TPSA) is 70.6 Å². The molecule has 116 valence electrons. The van der Waals surface area contributed by atoms with Crippen LogP contribution in [0.25, 0.3) is 0 Å². The summed E-state index contributed by atoms with van der Waals surface area (Å²) in [4.78, 5) is 11.8. The van der Waals surface area contributed by atoms with E-state index in [1.54, 1.807) is 0 Å². The highest BCUT2D eigenvalue weighted by molar-refractivity contribution is 7.07. The van der Waals surface area contributed by atoms with Gasteiger partial charge in [0, 0.05) is 13.0 Å². The average molecular weight is 318 g/mol. The first-order valence-electron chi connectivity index (χ1n) is 7.19. The van der Waals surface area contributed by atoms with Crippen LogP contribution in [0.1, 0.15) is 17.2 Å². The Morgan fingerprint density at radius 2 is 2.23 bits per heavy atom. The predicted molar refractivity (Wildman–Crippen MR) is 85.2 cm³/mol. The first-order valence-corrected chi connectivity index (χ1v) is 8.13. The number of urea groups is 1. The van der Waals surface area contributed by atoms with E-state index >= 15 is 0 Å². The Hall–Kier alpha value is -2.05. The van der Waals surface area contributed by atoms with Crippen LogP contribution in [0.5, 0.6) is 5.75 Å². The maximum atomic E-state index is 11.8. The van der Waals surface area contributed by atoms with E-state index in [-0.39, 0.29) is 18.7 Å². The van der Waals surface area contributed by atoms with Crippen molar-refractivity contribution in [1.29, 1.82) is 0 Å². The summed E-state index contributed by atoms with van der Waals surface area (Å²) in [5, 5.41) is 19.1. The van der Waals surface area contributed by atoms with E-state index in [2.05, 4.69) is 10.6 Å². The second-order valence-corrected chi connectivity index (χ2v) is 6.00. The minimum Gasteiger partial charge on any atom is -0.488 e. The molecule has 22 heavy (non-hydrogen) atoms. The largest absolute Gasteiger partial charge is 0.488 e. The SMILES string of the molecule is O=C(NCC1Cc2ccccc2O1)NCC(O)c1ccsc1. The molecular weight excluding hydrogens is 300 g/mol. The first kappa shape index (κ1) is 14.9. The summed E-state index contributed by atoms with van der Waals surface area (Å²) in [5.41, 5.74) is 1.99. The molecular formula is C16H18N2O3S. The molecule has 2 unspecified atom stereocenters. The number of amides is 2. The number of thiophene rings is 1. The number of aliphatic hydroxyl groups is 1. The van der Waals surface area contributed by atoms with Crippen LogP contribution >= 0.6 is 11.3 Å². The summed E-state index contributed by atoms with van der Waals surface area (Å²) in [6.07, 6.45) is 0.0856. The van der Waals surface area contributed by atoms with Gasteiger partial charge in [-0.2, -0.15) is 11.3 Å². The van der Waals surface area contributed by atoms with Gasteiger partial charge in [-0.25, -0.2) is 4.79 Å². The minimum absolute atomic E-state index is 0.0371. The normalized spacial score (nSPS) is 17.4. The molecule has 1 aliphatic rings. The van der Waals surface area contributed by atoms with Gasteiger partial charge in [0.15, 0.2) is 0 Å². The van der Waals surface area contributed by atoms with E-state index < -0.39 is 6.10 Å². The number of hydrogen-bond donors (Lipinski definition) is 3. The van der Waals surface area contributed by atoms with Crippen LogP contribution in [-0.2, 0) is 6.42 Å². The molecule has 0 fully saturated rings. The van der Waals surface area contributed by atoms with Crippen molar-refractivity contribution in [3.05, 3.63) is 52.2 Å². The molecule has 3 N–H and O–H groups in total. The molecule has 0 saturated heterocycles. The van der Waals surface area contributed by atoms with Crippen molar-refractivity contribution >= 4 is 17.4 Å². The number of aliphatic hydroxyl groups excluding tert-OH is 1. The van der Waals surface area contributed by atoms with Gasteiger partial charge in [0.25, 0.3) is 0 Å². The molecule has 0 aliphatic carbocycles. The number of nitrogens with one attached hydrogen (secondary N) is 2. The third kappa shape index (κ3) is 3.58. The molecule has 0 saturated carbocycles. The van der Waals surface area contributed by atoms with Gasteiger partial charge < -0.3 is 20.5 Å². The zero-order valence-corrected chi connectivity index (χ0v) is 12.8. The summed E-state index contributed by atoms with van der Waals surface area (Å²) in [6, 6.07) is 9.44. The van der Waals surface area contributed by atoms with Crippen molar-refractivity contribution in [1.82, 2.24) is 10.6 Å². The Kier molecular flexibility index (Phi) is 4.60. The van der Waals surface area contributed by atoms with Gasteiger partial charge in [0.1, 0.15) is 11.9 Å². The fraction of sp³-hybridized carbons (Fsp3) is 0.312. The first-order chi connectivity index (χ1) is 10.7. The zero-order valence-electron chi connectivity index (χ0n) is 12.0. The highest BCUT2D eigenvalue weighted by Crippen LogP contribution is 2.27. The number of para-hydroxylation sites is 1. The van der Waals surface area contributed by atoms with E-state index in [9.17, 15) is 9.90 Å². The number of ether oxygens (including phenoxy) is 1. The molecule has 1 aromatic carbocycles. The molecule has 0 spiro atoms. The lowest BCUT2D eigenvalue weighted by Gasteiger charge is -2.14. The molecule has 0 bridgehead atoms. The Morgan fingerprint density at radius 1 is 1.36 bits per heavy atom. The van der Waals surface area contributed by atoms with Gasteiger partial charge in [-0.05, 0) is 34.0 Å². The molecule has 6 heteroatoms. The lowest BCUT2D eigenvalue weighted by molar-refractivity contribution is 0.172. The number of fused-ring (bicyclic) bond motifs is 1. The van der Waals surface area contributed by atoms with Crippen LogP contribution in [0.2, 0.25) is 0 Å². The molecule has 5 nitrogen and oxygen atoms in total. The van der Waals surface area contributed by atoms with Crippen molar-refractivity contribution < 1.29 is 14.6 Å². The standard InChI is InChI=1S/C16H18N2O3S/c19-14(12-5-6-22-10-12)9-18-16(20)17-8-13-7-11-3-1-2-4-15(11)21-13/h1-6,10,13-14,19H,7-9H2,(H2,17,18,20). The summed E-state index contributed by atoms with van der Waals surface area (Å²) >= 11 is 1.52. The van der Waals surface area contributed by atoms with E-state index in [4.69, 9.17) is 4.74 Å². The minimum atomic E-state index is -0.677. The van der Waals surface area contributed by atoms with Crippen molar-refractivity contribution in [2.75, 3.05) is 13.1 Å². The Morgan fingerprint density at radius 3 is 3.00 bits per heavy atom. The lowest BCUT2D eigenvalue weighted by atomic mass is 10.1. The van der Waals surface area contributed by atoms with Crippen LogP contribution in [0.3, 0.4) is 0 Å². The quantitative estimate of drug-likeness (QED) is 0.790. The Bertz CT molecular complexity index is 605. The average Bonchev–Trinajstić information content (AvgIpc) is 3.19. The number of carbonyl (C=O) groups excluding carboxylic acids is 1. The molecule has 1 aliphatic heterocycles. The van der Waals surface area contributed by atoms with Crippen LogP contribution in [-0.4, -0.2) is 30.3 Å². The van der Waals surface area contributed by atoms with Gasteiger partial charge in [-0.1, -0.05) is 18.2 Å². The van der Waals surface area contributed by atoms with E-state index in [0.717, 1.165) is 17.7 Å². The van der Waals surface area contributed by atoms with Crippen LogP contribution in [0, 0.1) is 0 Å². The maximum absolute atomic E-state index is 11.8. The summed E-state index contributed by atoms with van der Waals surface area (Å²) in [5.74, 6) is 0.891. The van der Waals surface area contributed by atoms with Crippen molar-refractivity contribution in [2.24, 2.45) is 0 Å². The molecule has 3 rings (SSSR count). The fourth-order valence-corrected chi connectivity index (χ4v) is 3.12. The van der Waals surface area contributed by atoms with Crippen LogP contribution in [0.15, 0.2) is 41.1 Å². The highest BCUT2D eigenvalue weighted by Gasteiger charge is 2.22. The zero-order chi connectivity index (χ0) is 15.4. The number of benzene rings is 1. The fourth-order valence-electron chi connectivity index (χ4n) is 2.41. The van der Waals surface area contributed by atoms with Gasteiger partial charge in [0.05, 0.1) is 12.6 Å². The summed E-state index contributed by atoms with van der Waals surface area (Å²) in [7, 11) is 0. The summed E-state index contributed by atoms with van der Waals surface area (Å²) in [6.45, 7) is 0.628. The van der Waals surface area contributed by atoms with E-state index in [1.165, 1.54) is 16.9 Å². The molecule has 2 amide bonds. The second kappa shape index (κ2) is 6.81. The lowest BCUT2D eigenvalue weighted by Crippen LogP contribution is -2.42. The Labute approximate surface area is 132 Å². The van der Waals surface area contributed by atoms with Gasteiger partial charge >= 0.3 is 6.03 Å². The molecule has 0 radical (unpaired) electrons. The van der Waals surface area contributed by atoms with Crippen LogP contribution in [0.4, 0.5) is 4.79 Å². The van der Waals surface area contributed by atoms with Crippen molar-refractivity contribution in [3.8, 4) is 5.75 Å². The van der Waals surface area contributed by atoms with Gasteiger partial charge in [-0.15, -0.1) is 0 Å². The number of carbonyl (C=O) groups is 1. The molecule has 1 aromatic heterocycles. The third-order valence-corrected chi connectivity index (χ3v) is 4.29. The molecule has 2 atom stereocenters. The third-order valence-electron chi connectivity index (χ3n) is 3.59. The Balaban J connectivity index is 1.39. The molecule has 2 heterocycles. The monoisotopic (exact) mass is 318 g/mol. The highest BCUT2D eigenvalue weighted by atomic mass is 32.1. The number of rotatable bonds is 5. The molecule has 2 aromatic rings. The summed E-state index contributed by atoms with van der Waals surface area (Å²) < 4.78 is 5.75.